The summed E-state index contributed by atoms with van der Waals surface area (Å²) in [4.78, 5) is 28.5. The number of aliphatic hydroxyl groups excluding tert-OH is 1. The van der Waals surface area contributed by atoms with Crippen molar-refractivity contribution < 1.29 is 27.9 Å². The fourth-order valence-electron chi connectivity index (χ4n) is 4.32. The Morgan fingerprint density at radius 1 is 1.05 bits per heavy atom. The maximum absolute atomic E-state index is 13.2. The molecule has 0 unspecified atom stereocenters. The lowest BCUT2D eigenvalue weighted by atomic mass is 10.1. The molecule has 0 bridgehead atoms. The van der Waals surface area contributed by atoms with Crippen molar-refractivity contribution in [3.63, 3.8) is 0 Å². The van der Waals surface area contributed by atoms with E-state index in [1.807, 2.05) is 12.1 Å². The second-order valence-corrected chi connectivity index (χ2v) is 10.8. The first-order chi connectivity index (χ1) is 19.7. The number of halogens is 4. The van der Waals surface area contributed by atoms with E-state index in [1.54, 1.807) is 42.1 Å². The summed E-state index contributed by atoms with van der Waals surface area (Å²) in [5.74, 6) is 0.168. The summed E-state index contributed by atoms with van der Waals surface area (Å²) in [7, 11) is 0. The zero-order chi connectivity index (χ0) is 29.4. The van der Waals surface area contributed by atoms with Crippen LogP contribution in [0.5, 0.6) is 0 Å². The van der Waals surface area contributed by atoms with E-state index in [1.165, 1.54) is 6.07 Å². The Bertz CT molecular complexity index is 1430. The lowest BCUT2D eigenvalue weighted by Gasteiger charge is -2.20. The smallest absolute Gasteiger partial charge is 0.396 e. The van der Waals surface area contributed by atoms with E-state index in [-0.39, 0.29) is 23.4 Å². The van der Waals surface area contributed by atoms with Crippen molar-refractivity contribution in [2.24, 2.45) is 5.10 Å². The quantitative estimate of drug-likeness (QED) is 0.146. The van der Waals surface area contributed by atoms with Gasteiger partial charge in [0.25, 0.3) is 11.8 Å². The Morgan fingerprint density at radius 2 is 1.83 bits per heavy atom. The van der Waals surface area contributed by atoms with Crippen LogP contribution in [0.4, 0.5) is 24.5 Å². The van der Waals surface area contributed by atoms with E-state index in [2.05, 4.69) is 20.7 Å². The SMILES string of the molecule is O=C(Nc1ccc(N2CCCC2)cc1C(=O)NN=Cc1ccc(Cl)c(C(F)(F)F)c1)c1cccc(CSCCO)c1. The fourth-order valence-corrected chi connectivity index (χ4v) is 5.23. The standard InChI is InChI=1S/C29H28ClF3N4O3S/c30-25-8-6-19(15-24(25)29(31,32)33)17-34-36-28(40)23-16-22(37-10-1-2-11-37)7-9-26(23)35-27(39)21-5-3-4-20(14-21)18-41-13-12-38/h3-9,14-17,38H,1-2,10-13,18H2,(H,35,39)(H,36,40). The molecule has 216 valence electrons. The third kappa shape index (κ3) is 8.25. The van der Waals surface area contributed by atoms with Gasteiger partial charge in [-0.1, -0.05) is 29.8 Å². The number of aliphatic hydroxyl groups is 1. The molecule has 7 nitrogen and oxygen atoms in total. The van der Waals surface area contributed by atoms with Crippen LogP contribution in [0, 0.1) is 0 Å². The number of nitrogens with zero attached hydrogens (tertiary/aromatic N) is 2. The number of carbonyl (C=O) groups excluding carboxylic acids is 2. The summed E-state index contributed by atoms with van der Waals surface area (Å²) in [6, 6.07) is 15.5. The maximum Gasteiger partial charge on any atom is 0.417 e. The van der Waals surface area contributed by atoms with Gasteiger partial charge in [0.05, 0.1) is 34.7 Å². The van der Waals surface area contributed by atoms with Crippen LogP contribution in [0.3, 0.4) is 0 Å². The van der Waals surface area contributed by atoms with Crippen LogP contribution in [-0.4, -0.2) is 48.6 Å². The van der Waals surface area contributed by atoms with E-state index in [0.29, 0.717) is 17.1 Å². The van der Waals surface area contributed by atoms with E-state index >= 15 is 0 Å². The molecular formula is C29H28ClF3N4O3S. The van der Waals surface area contributed by atoms with E-state index in [9.17, 15) is 22.8 Å². The molecule has 0 saturated carbocycles. The van der Waals surface area contributed by atoms with Gasteiger partial charge in [-0.25, -0.2) is 5.43 Å². The van der Waals surface area contributed by atoms with Gasteiger partial charge in [-0.05, 0) is 66.4 Å². The van der Waals surface area contributed by atoms with Gasteiger partial charge in [0.15, 0.2) is 0 Å². The van der Waals surface area contributed by atoms with Crippen LogP contribution in [0.2, 0.25) is 5.02 Å². The number of rotatable bonds is 10. The van der Waals surface area contributed by atoms with Crippen LogP contribution in [0.25, 0.3) is 0 Å². The molecule has 3 N–H and O–H groups in total. The maximum atomic E-state index is 13.2. The molecule has 1 aliphatic rings. The van der Waals surface area contributed by atoms with Crippen LogP contribution < -0.4 is 15.6 Å². The lowest BCUT2D eigenvalue weighted by molar-refractivity contribution is -0.137. The summed E-state index contributed by atoms with van der Waals surface area (Å²) in [6.07, 6.45) is -1.49. The highest BCUT2D eigenvalue weighted by atomic mass is 35.5. The summed E-state index contributed by atoms with van der Waals surface area (Å²) in [5, 5.41) is 15.2. The number of hydrogen-bond acceptors (Lipinski definition) is 6. The molecule has 0 spiro atoms. The molecule has 0 radical (unpaired) electrons. The number of carbonyl (C=O) groups is 2. The third-order valence-electron chi connectivity index (χ3n) is 6.34. The lowest BCUT2D eigenvalue weighted by Crippen LogP contribution is -2.23. The molecule has 3 aromatic carbocycles. The number of alkyl halides is 3. The molecule has 41 heavy (non-hydrogen) atoms. The van der Waals surface area contributed by atoms with E-state index in [4.69, 9.17) is 16.7 Å². The van der Waals surface area contributed by atoms with Gasteiger partial charge in [0.2, 0.25) is 0 Å². The first-order valence-corrected chi connectivity index (χ1v) is 14.4. The zero-order valence-corrected chi connectivity index (χ0v) is 23.5. The Labute approximate surface area is 244 Å². The molecular weight excluding hydrogens is 577 g/mol. The number of anilines is 2. The normalized spacial score (nSPS) is 13.5. The number of hydrazone groups is 1. The Balaban J connectivity index is 1.54. The van der Waals surface area contributed by atoms with Crippen LogP contribution in [0.1, 0.15) is 50.2 Å². The number of thioether (sulfide) groups is 1. The number of amides is 2. The molecule has 1 aliphatic heterocycles. The highest BCUT2D eigenvalue weighted by Gasteiger charge is 2.33. The number of hydrogen-bond donors (Lipinski definition) is 3. The molecule has 1 fully saturated rings. The summed E-state index contributed by atoms with van der Waals surface area (Å²) in [6.45, 7) is 1.75. The molecule has 0 atom stereocenters. The molecule has 12 heteroatoms. The van der Waals surface area contributed by atoms with Gasteiger partial charge in [-0.2, -0.15) is 30.0 Å². The number of nitrogens with one attached hydrogen (secondary N) is 2. The molecule has 2 amide bonds. The second kappa shape index (κ2) is 13.9. The topological polar surface area (TPSA) is 94.0 Å². The Kier molecular flexibility index (Phi) is 10.3. The minimum Gasteiger partial charge on any atom is -0.396 e. The number of benzene rings is 3. The predicted octanol–water partition coefficient (Wildman–Crippen LogP) is 6.20. The monoisotopic (exact) mass is 604 g/mol. The van der Waals surface area contributed by atoms with Gasteiger partial charge in [0.1, 0.15) is 0 Å². The average Bonchev–Trinajstić information content (AvgIpc) is 3.49. The summed E-state index contributed by atoms with van der Waals surface area (Å²) >= 11 is 7.22. The molecule has 3 aromatic rings. The summed E-state index contributed by atoms with van der Waals surface area (Å²) in [5.41, 5.74) is 3.99. The van der Waals surface area contributed by atoms with Gasteiger partial charge in [-0.3, -0.25) is 9.59 Å². The minimum atomic E-state index is -4.63. The molecule has 1 saturated heterocycles. The minimum absolute atomic E-state index is 0.0709. The van der Waals surface area contributed by atoms with Crippen LogP contribution >= 0.6 is 23.4 Å². The van der Waals surface area contributed by atoms with Crippen LogP contribution in [-0.2, 0) is 11.9 Å². The van der Waals surface area contributed by atoms with E-state index < -0.39 is 28.6 Å². The van der Waals surface area contributed by atoms with Crippen molar-refractivity contribution in [3.05, 3.63) is 93.5 Å². The molecule has 1 heterocycles. The summed E-state index contributed by atoms with van der Waals surface area (Å²) < 4.78 is 39.5. The fraction of sp³-hybridized carbons (Fsp3) is 0.276. The van der Waals surface area contributed by atoms with Crippen molar-refractivity contribution in [1.29, 1.82) is 0 Å². The molecule has 0 aromatic heterocycles. The van der Waals surface area contributed by atoms with Crippen molar-refractivity contribution in [2.75, 3.05) is 35.7 Å². The van der Waals surface area contributed by atoms with E-state index in [0.717, 1.165) is 55.5 Å². The van der Waals surface area contributed by atoms with Gasteiger partial charge in [-0.15, -0.1) is 0 Å². The van der Waals surface area contributed by atoms with Crippen molar-refractivity contribution in [2.45, 2.75) is 24.8 Å². The average molecular weight is 605 g/mol. The van der Waals surface area contributed by atoms with Crippen molar-refractivity contribution >= 4 is 52.8 Å². The van der Waals surface area contributed by atoms with Gasteiger partial charge in [0, 0.05) is 35.8 Å². The Morgan fingerprint density at radius 3 is 2.56 bits per heavy atom. The molecule has 4 rings (SSSR count). The first kappa shape index (κ1) is 30.4. The second-order valence-electron chi connectivity index (χ2n) is 9.29. The van der Waals surface area contributed by atoms with Gasteiger partial charge < -0.3 is 15.3 Å². The van der Waals surface area contributed by atoms with Crippen molar-refractivity contribution in [1.82, 2.24) is 5.43 Å². The Hall–Kier alpha value is -3.54. The van der Waals surface area contributed by atoms with Crippen LogP contribution in [0.15, 0.2) is 65.8 Å². The zero-order valence-electron chi connectivity index (χ0n) is 21.9. The highest BCUT2D eigenvalue weighted by molar-refractivity contribution is 7.98. The third-order valence-corrected chi connectivity index (χ3v) is 7.67. The first-order valence-electron chi connectivity index (χ1n) is 12.8. The van der Waals surface area contributed by atoms with Gasteiger partial charge >= 0.3 is 6.18 Å². The van der Waals surface area contributed by atoms with Crippen molar-refractivity contribution in [3.8, 4) is 0 Å². The molecule has 0 aliphatic carbocycles. The highest BCUT2D eigenvalue weighted by Crippen LogP contribution is 2.35. The predicted molar refractivity (Wildman–Crippen MR) is 157 cm³/mol. The largest absolute Gasteiger partial charge is 0.417 e.